The summed E-state index contributed by atoms with van der Waals surface area (Å²) >= 11 is 0. The van der Waals surface area contributed by atoms with Crippen molar-refractivity contribution in [3.05, 3.63) is 30.0 Å². The lowest BCUT2D eigenvalue weighted by Crippen LogP contribution is -2.13. The van der Waals surface area contributed by atoms with Gasteiger partial charge in [-0.15, -0.1) is 5.10 Å². The SMILES string of the molecule is CCOC(=O)Cc1nnc(NN)c2ccccc12. The highest BCUT2D eigenvalue weighted by molar-refractivity contribution is 5.94. The van der Waals surface area contributed by atoms with E-state index in [9.17, 15) is 4.79 Å². The van der Waals surface area contributed by atoms with Crippen LogP contribution in [0.3, 0.4) is 0 Å². The molecule has 0 aliphatic carbocycles. The minimum absolute atomic E-state index is 0.103. The van der Waals surface area contributed by atoms with E-state index in [1.54, 1.807) is 6.92 Å². The van der Waals surface area contributed by atoms with E-state index in [1.807, 2.05) is 24.3 Å². The fraction of sp³-hybridized carbons (Fsp3) is 0.250. The first kappa shape index (κ1) is 12.3. The molecule has 0 aliphatic rings. The van der Waals surface area contributed by atoms with Crippen molar-refractivity contribution < 1.29 is 9.53 Å². The Morgan fingerprint density at radius 3 is 2.72 bits per heavy atom. The van der Waals surface area contributed by atoms with Gasteiger partial charge in [-0.3, -0.25) is 4.79 Å². The molecule has 1 aromatic heterocycles. The van der Waals surface area contributed by atoms with Gasteiger partial charge in [0, 0.05) is 10.8 Å². The summed E-state index contributed by atoms with van der Waals surface area (Å²) in [5.74, 6) is 5.54. The van der Waals surface area contributed by atoms with E-state index in [1.165, 1.54) is 0 Å². The van der Waals surface area contributed by atoms with Crippen LogP contribution in [0.15, 0.2) is 24.3 Å². The quantitative estimate of drug-likeness (QED) is 0.475. The Labute approximate surface area is 104 Å². The van der Waals surface area contributed by atoms with Crippen LogP contribution in [0.4, 0.5) is 5.82 Å². The normalized spacial score (nSPS) is 10.3. The predicted octanol–water partition coefficient (Wildman–Crippen LogP) is 1.02. The van der Waals surface area contributed by atoms with Crippen LogP contribution in [0.5, 0.6) is 0 Å². The van der Waals surface area contributed by atoms with Crippen LogP contribution in [0.2, 0.25) is 0 Å². The van der Waals surface area contributed by atoms with E-state index in [2.05, 4.69) is 15.6 Å². The van der Waals surface area contributed by atoms with Crippen LogP contribution in [0.25, 0.3) is 10.8 Å². The standard InChI is InChI=1S/C12H14N4O2/c1-2-18-11(17)7-10-8-5-3-4-6-9(8)12(14-13)16-15-10/h3-6H,2,7,13H2,1H3,(H,14,16). The third-order valence-corrected chi connectivity index (χ3v) is 2.52. The number of nitrogens with zero attached hydrogens (tertiary/aromatic N) is 2. The topological polar surface area (TPSA) is 90.1 Å². The van der Waals surface area contributed by atoms with Crippen molar-refractivity contribution in [1.29, 1.82) is 0 Å². The number of carbonyl (C=O) groups excluding carboxylic acids is 1. The summed E-state index contributed by atoms with van der Waals surface area (Å²) in [6, 6.07) is 7.49. The highest BCUT2D eigenvalue weighted by atomic mass is 16.5. The molecule has 0 saturated heterocycles. The highest BCUT2D eigenvalue weighted by Gasteiger charge is 2.12. The van der Waals surface area contributed by atoms with Gasteiger partial charge in [0.25, 0.3) is 0 Å². The number of hydrogen-bond acceptors (Lipinski definition) is 6. The molecule has 1 heterocycles. The molecular weight excluding hydrogens is 232 g/mol. The first-order chi connectivity index (χ1) is 8.76. The molecule has 6 nitrogen and oxygen atoms in total. The molecule has 0 atom stereocenters. The second kappa shape index (κ2) is 5.42. The van der Waals surface area contributed by atoms with Crippen LogP contribution < -0.4 is 11.3 Å². The molecular formula is C12H14N4O2. The Balaban J connectivity index is 2.43. The molecule has 6 heteroatoms. The van der Waals surface area contributed by atoms with Gasteiger partial charge >= 0.3 is 5.97 Å². The molecule has 0 radical (unpaired) electrons. The fourth-order valence-electron chi connectivity index (χ4n) is 1.75. The summed E-state index contributed by atoms with van der Waals surface area (Å²) < 4.78 is 4.90. The first-order valence-electron chi connectivity index (χ1n) is 5.62. The molecule has 2 rings (SSSR count). The van der Waals surface area contributed by atoms with Crippen molar-refractivity contribution in [3.63, 3.8) is 0 Å². The van der Waals surface area contributed by atoms with Gasteiger partial charge in [-0.25, -0.2) is 5.84 Å². The van der Waals surface area contributed by atoms with Crippen LogP contribution in [-0.4, -0.2) is 22.8 Å². The number of esters is 1. The fourth-order valence-corrected chi connectivity index (χ4v) is 1.75. The van der Waals surface area contributed by atoms with Gasteiger partial charge in [-0.1, -0.05) is 24.3 Å². The Hall–Kier alpha value is -2.21. The van der Waals surface area contributed by atoms with Crippen LogP contribution in [0, 0.1) is 0 Å². The smallest absolute Gasteiger partial charge is 0.311 e. The van der Waals surface area contributed by atoms with Gasteiger partial charge in [0.1, 0.15) is 0 Å². The molecule has 18 heavy (non-hydrogen) atoms. The number of nitrogens with two attached hydrogens (primary N) is 1. The molecule has 0 bridgehead atoms. The Morgan fingerprint density at radius 2 is 2.06 bits per heavy atom. The van der Waals surface area contributed by atoms with Crippen LogP contribution >= 0.6 is 0 Å². The zero-order valence-electron chi connectivity index (χ0n) is 10.0. The molecule has 94 valence electrons. The van der Waals surface area contributed by atoms with E-state index < -0.39 is 0 Å². The number of ether oxygens (including phenoxy) is 1. The minimum atomic E-state index is -0.314. The number of benzene rings is 1. The lowest BCUT2D eigenvalue weighted by atomic mass is 10.1. The van der Waals surface area contributed by atoms with Gasteiger partial charge in [0.2, 0.25) is 0 Å². The van der Waals surface area contributed by atoms with Crippen molar-refractivity contribution in [3.8, 4) is 0 Å². The van der Waals surface area contributed by atoms with E-state index in [4.69, 9.17) is 10.6 Å². The van der Waals surface area contributed by atoms with E-state index in [0.29, 0.717) is 18.1 Å². The summed E-state index contributed by atoms with van der Waals surface area (Å²) in [5.41, 5.74) is 3.07. The minimum Gasteiger partial charge on any atom is -0.466 e. The van der Waals surface area contributed by atoms with Crippen LogP contribution in [-0.2, 0) is 16.0 Å². The number of rotatable bonds is 4. The maximum atomic E-state index is 11.5. The summed E-state index contributed by atoms with van der Waals surface area (Å²) in [6.07, 6.45) is 0.103. The Kier molecular flexibility index (Phi) is 3.69. The lowest BCUT2D eigenvalue weighted by molar-refractivity contribution is -0.142. The van der Waals surface area contributed by atoms with Crippen molar-refractivity contribution in [2.24, 2.45) is 5.84 Å². The number of nitrogen functional groups attached to an aromatic ring is 1. The van der Waals surface area contributed by atoms with Crippen molar-refractivity contribution in [2.75, 3.05) is 12.0 Å². The lowest BCUT2D eigenvalue weighted by Gasteiger charge is -2.08. The van der Waals surface area contributed by atoms with Crippen LogP contribution in [0.1, 0.15) is 12.6 Å². The van der Waals surface area contributed by atoms with Crippen molar-refractivity contribution >= 4 is 22.6 Å². The summed E-state index contributed by atoms with van der Waals surface area (Å²) in [7, 11) is 0. The Morgan fingerprint density at radius 1 is 1.33 bits per heavy atom. The third-order valence-electron chi connectivity index (χ3n) is 2.52. The zero-order valence-corrected chi connectivity index (χ0v) is 10.0. The highest BCUT2D eigenvalue weighted by Crippen LogP contribution is 2.22. The molecule has 1 aromatic carbocycles. The van der Waals surface area contributed by atoms with Crippen molar-refractivity contribution in [2.45, 2.75) is 13.3 Å². The molecule has 0 spiro atoms. The van der Waals surface area contributed by atoms with Gasteiger partial charge in [-0.05, 0) is 6.92 Å². The monoisotopic (exact) mass is 246 g/mol. The van der Waals surface area contributed by atoms with Gasteiger partial charge in [-0.2, -0.15) is 5.10 Å². The molecule has 0 saturated carbocycles. The number of anilines is 1. The molecule has 0 unspecified atom stereocenters. The van der Waals surface area contributed by atoms with Gasteiger partial charge < -0.3 is 10.2 Å². The molecule has 2 aromatic rings. The maximum Gasteiger partial charge on any atom is 0.311 e. The summed E-state index contributed by atoms with van der Waals surface area (Å²) in [5, 5.41) is 9.62. The van der Waals surface area contributed by atoms with E-state index in [-0.39, 0.29) is 12.4 Å². The number of fused-ring (bicyclic) bond motifs is 1. The van der Waals surface area contributed by atoms with E-state index in [0.717, 1.165) is 10.8 Å². The van der Waals surface area contributed by atoms with Crippen molar-refractivity contribution in [1.82, 2.24) is 10.2 Å². The first-order valence-corrected chi connectivity index (χ1v) is 5.62. The number of aromatic nitrogens is 2. The average Bonchev–Trinajstić information content (AvgIpc) is 2.39. The average molecular weight is 246 g/mol. The molecule has 3 N–H and O–H groups in total. The Bertz CT molecular complexity index is 571. The molecule has 0 aliphatic heterocycles. The number of nitrogens with one attached hydrogen (secondary N) is 1. The third kappa shape index (κ3) is 2.38. The molecule has 0 fully saturated rings. The second-order valence-corrected chi connectivity index (χ2v) is 3.67. The summed E-state index contributed by atoms with van der Waals surface area (Å²) in [4.78, 5) is 11.5. The maximum absolute atomic E-state index is 11.5. The number of hydrogen-bond donors (Lipinski definition) is 2. The van der Waals surface area contributed by atoms with E-state index >= 15 is 0 Å². The second-order valence-electron chi connectivity index (χ2n) is 3.67. The van der Waals surface area contributed by atoms with Gasteiger partial charge in [0.15, 0.2) is 5.82 Å². The zero-order chi connectivity index (χ0) is 13.0. The number of carbonyl (C=O) groups is 1. The molecule has 0 amide bonds. The number of hydrazine groups is 1. The van der Waals surface area contributed by atoms with Gasteiger partial charge in [0.05, 0.1) is 18.7 Å². The predicted molar refractivity (Wildman–Crippen MR) is 67.7 cm³/mol. The largest absolute Gasteiger partial charge is 0.466 e. The summed E-state index contributed by atoms with van der Waals surface area (Å²) in [6.45, 7) is 2.12.